The third-order valence-electron chi connectivity index (χ3n) is 6.73. The molecule has 4 aromatic rings. The van der Waals surface area contributed by atoms with Gasteiger partial charge in [-0.2, -0.15) is 14.5 Å². The third kappa shape index (κ3) is 4.08. The average Bonchev–Trinajstić information content (AvgIpc) is 3.51. The van der Waals surface area contributed by atoms with Gasteiger partial charge in [0.25, 0.3) is 0 Å². The fraction of sp³-hybridized carbons (Fsp3) is 0.478. The highest BCUT2D eigenvalue weighted by molar-refractivity contribution is 7.10. The zero-order valence-electron chi connectivity index (χ0n) is 19.0. The van der Waals surface area contributed by atoms with Crippen LogP contribution in [-0.2, 0) is 7.05 Å². The molecule has 1 aliphatic heterocycles. The van der Waals surface area contributed by atoms with Crippen molar-refractivity contribution in [3.8, 4) is 5.69 Å². The van der Waals surface area contributed by atoms with E-state index in [1.807, 2.05) is 49.4 Å². The number of fused-ring (bicyclic) bond motifs is 1. The van der Waals surface area contributed by atoms with Gasteiger partial charge in [-0.05, 0) is 69.4 Å². The quantitative estimate of drug-likeness (QED) is 0.445. The van der Waals surface area contributed by atoms with Crippen LogP contribution in [0, 0.1) is 6.92 Å². The summed E-state index contributed by atoms with van der Waals surface area (Å²) >= 11 is 1.42. The van der Waals surface area contributed by atoms with Crippen molar-refractivity contribution in [1.82, 2.24) is 33.6 Å². The van der Waals surface area contributed by atoms with Gasteiger partial charge >= 0.3 is 0 Å². The Hall–Kier alpha value is -2.98. The number of nitrogens with zero attached hydrogens (tertiary/aromatic N) is 7. The van der Waals surface area contributed by atoms with Crippen molar-refractivity contribution in [2.75, 3.05) is 23.7 Å². The molecule has 172 valence electrons. The number of rotatable bonds is 6. The predicted molar refractivity (Wildman–Crippen MR) is 132 cm³/mol. The van der Waals surface area contributed by atoms with Crippen LogP contribution < -0.4 is 10.6 Å². The largest absolute Gasteiger partial charge is 0.365 e. The summed E-state index contributed by atoms with van der Waals surface area (Å²) in [6.07, 6.45) is 12.3. The Kier molecular flexibility index (Phi) is 5.26. The maximum absolute atomic E-state index is 4.91. The van der Waals surface area contributed by atoms with Gasteiger partial charge in [0.2, 0.25) is 5.95 Å². The lowest BCUT2D eigenvalue weighted by Crippen LogP contribution is -2.51. The number of piperidine rings is 1. The van der Waals surface area contributed by atoms with E-state index in [2.05, 4.69) is 29.6 Å². The number of hydrogen-bond acceptors (Lipinski definition) is 8. The van der Waals surface area contributed by atoms with Crippen molar-refractivity contribution in [2.24, 2.45) is 7.05 Å². The summed E-state index contributed by atoms with van der Waals surface area (Å²) in [6.45, 7) is 4.49. The van der Waals surface area contributed by atoms with E-state index in [1.165, 1.54) is 43.9 Å². The lowest BCUT2D eigenvalue weighted by Gasteiger charge is -2.45. The molecule has 33 heavy (non-hydrogen) atoms. The molecule has 4 aromatic heterocycles. The van der Waals surface area contributed by atoms with Gasteiger partial charge in [0, 0.05) is 31.5 Å². The first-order chi connectivity index (χ1) is 16.1. The van der Waals surface area contributed by atoms with Crippen LogP contribution in [0.25, 0.3) is 16.7 Å². The molecule has 2 N–H and O–H groups in total. The van der Waals surface area contributed by atoms with Gasteiger partial charge in [0.05, 0.1) is 23.1 Å². The van der Waals surface area contributed by atoms with Crippen LogP contribution in [0.15, 0.2) is 30.7 Å². The summed E-state index contributed by atoms with van der Waals surface area (Å²) in [7, 11) is 1.93. The summed E-state index contributed by atoms with van der Waals surface area (Å²) in [5, 5.41) is 12.4. The first-order valence-electron chi connectivity index (χ1n) is 11.7. The molecule has 10 heteroatoms. The van der Waals surface area contributed by atoms with E-state index in [0.29, 0.717) is 18.0 Å². The molecule has 1 aliphatic carbocycles. The van der Waals surface area contributed by atoms with Gasteiger partial charge < -0.3 is 20.1 Å². The number of nitrogens with one attached hydrogen (secondary N) is 2. The van der Waals surface area contributed by atoms with Crippen molar-refractivity contribution in [3.05, 3.63) is 36.4 Å². The number of likely N-dealkylation sites (tertiary alicyclic amines) is 1. The minimum atomic E-state index is 0.422. The van der Waals surface area contributed by atoms with E-state index in [-0.39, 0.29) is 0 Å². The molecule has 1 saturated carbocycles. The zero-order valence-corrected chi connectivity index (χ0v) is 19.8. The fourth-order valence-electron chi connectivity index (χ4n) is 4.96. The molecule has 0 atom stereocenters. The fourth-order valence-corrected chi connectivity index (χ4v) is 5.62. The Morgan fingerprint density at radius 2 is 1.97 bits per heavy atom. The molecule has 0 bridgehead atoms. The predicted octanol–water partition coefficient (Wildman–Crippen LogP) is 4.09. The molecule has 0 aromatic carbocycles. The highest BCUT2D eigenvalue weighted by Gasteiger charge is 2.34. The zero-order chi connectivity index (χ0) is 22.4. The van der Waals surface area contributed by atoms with Crippen LogP contribution in [0.1, 0.15) is 37.8 Å². The highest BCUT2D eigenvalue weighted by Crippen LogP contribution is 2.34. The molecule has 9 nitrogen and oxygen atoms in total. The van der Waals surface area contributed by atoms with Crippen LogP contribution in [0.2, 0.25) is 0 Å². The van der Waals surface area contributed by atoms with E-state index in [0.717, 1.165) is 46.1 Å². The van der Waals surface area contributed by atoms with Crippen molar-refractivity contribution < 1.29 is 0 Å². The summed E-state index contributed by atoms with van der Waals surface area (Å²) in [5.41, 5.74) is 3.86. The first-order valence-corrected chi connectivity index (χ1v) is 12.5. The number of hydrogen-bond donors (Lipinski definition) is 2. The monoisotopic (exact) mass is 463 g/mol. The van der Waals surface area contributed by atoms with Crippen molar-refractivity contribution in [3.63, 3.8) is 0 Å². The normalized spacial score (nSPS) is 21.3. The number of aromatic nitrogens is 6. The molecule has 6 rings (SSSR count). The summed E-state index contributed by atoms with van der Waals surface area (Å²) < 4.78 is 8.29. The second-order valence-electron chi connectivity index (χ2n) is 9.21. The van der Waals surface area contributed by atoms with Gasteiger partial charge in [-0.15, -0.1) is 0 Å². The molecule has 0 amide bonds. The topological polar surface area (TPSA) is 88.7 Å². The first kappa shape index (κ1) is 20.6. The molecule has 0 unspecified atom stereocenters. The number of anilines is 3. The maximum Gasteiger partial charge on any atom is 0.230 e. The Labute approximate surface area is 197 Å². The van der Waals surface area contributed by atoms with Crippen molar-refractivity contribution >= 4 is 39.3 Å². The van der Waals surface area contributed by atoms with E-state index in [9.17, 15) is 0 Å². The second-order valence-corrected chi connectivity index (χ2v) is 10.0. The molecule has 2 fully saturated rings. The Morgan fingerprint density at radius 1 is 1.12 bits per heavy atom. The summed E-state index contributed by atoms with van der Waals surface area (Å²) in [4.78, 5) is 12.4. The molecule has 2 aliphatic rings. The van der Waals surface area contributed by atoms with Crippen LogP contribution in [0.5, 0.6) is 0 Å². The minimum Gasteiger partial charge on any atom is -0.365 e. The molecule has 5 heterocycles. The van der Waals surface area contributed by atoms with E-state index in [1.54, 1.807) is 0 Å². The number of aryl methyl sites for hydroxylation is 2. The van der Waals surface area contributed by atoms with E-state index in [4.69, 9.17) is 9.97 Å². The van der Waals surface area contributed by atoms with Gasteiger partial charge in [0.1, 0.15) is 10.5 Å². The summed E-state index contributed by atoms with van der Waals surface area (Å²) in [6, 6.07) is 5.17. The third-order valence-corrected chi connectivity index (χ3v) is 7.52. The van der Waals surface area contributed by atoms with Gasteiger partial charge in [-0.3, -0.25) is 4.68 Å². The van der Waals surface area contributed by atoms with Crippen LogP contribution in [0.3, 0.4) is 0 Å². The smallest absolute Gasteiger partial charge is 0.230 e. The van der Waals surface area contributed by atoms with Crippen LogP contribution in [-0.4, -0.2) is 58.8 Å². The molecule has 1 saturated heterocycles. The highest BCUT2D eigenvalue weighted by atomic mass is 32.1. The van der Waals surface area contributed by atoms with Crippen LogP contribution in [0.4, 0.5) is 16.8 Å². The molecular formula is C23H29N9S. The Morgan fingerprint density at radius 3 is 2.70 bits per heavy atom. The van der Waals surface area contributed by atoms with Gasteiger partial charge in [-0.25, -0.2) is 4.98 Å². The van der Waals surface area contributed by atoms with E-state index >= 15 is 0 Å². The lowest BCUT2D eigenvalue weighted by atomic mass is 9.84. The molecule has 0 spiro atoms. The van der Waals surface area contributed by atoms with Crippen molar-refractivity contribution in [2.45, 2.75) is 51.1 Å². The average molecular weight is 464 g/mol. The minimum absolute atomic E-state index is 0.422. The SMILES string of the molecule is Cc1cc(Nc2nc(N[C@H]3C[C@@H](N4CCCCC4)C3)c3c(ccn3-c3cnn(C)c3)n2)sn1. The molecule has 0 radical (unpaired) electrons. The standard InChI is InChI=1S/C23H29N9S/c1-15-10-20(33-29-15)27-23-26-19-6-9-32(18-13-24-30(2)14-18)21(19)22(28-23)25-16-11-17(12-16)31-7-4-3-5-8-31/h6,9-10,13-14,16-17H,3-5,7-8,11-12H2,1-2H3,(H2,25,26,27,28)/t16-,17+. The second kappa shape index (κ2) is 8.42. The van der Waals surface area contributed by atoms with Gasteiger partial charge in [-0.1, -0.05) is 6.42 Å². The maximum atomic E-state index is 4.91. The van der Waals surface area contributed by atoms with Crippen LogP contribution >= 0.6 is 11.5 Å². The molecular weight excluding hydrogens is 434 g/mol. The van der Waals surface area contributed by atoms with Gasteiger partial charge in [0.15, 0.2) is 5.82 Å². The summed E-state index contributed by atoms with van der Waals surface area (Å²) in [5.74, 6) is 1.45. The Bertz CT molecular complexity index is 1260. The van der Waals surface area contributed by atoms with E-state index < -0.39 is 0 Å². The lowest BCUT2D eigenvalue weighted by molar-refractivity contribution is 0.0959. The van der Waals surface area contributed by atoms with Crippen molar-refractivity contribution in [1.29, 1.82) is 0 Å². The Balaban J connectivity index is 1.30.